The van der Waals surface area contributed by atoms with Crippen molar-refractivity contribution >= 4 is 0 Å². The zero-order valence-corrected chi connectivity index (χ0v) is 11.7. The van der Waals surface area contributed by atoms with Crippen LogP contribution in [0.15, 0.2) is 0 Å². The molecule has 0 aromatic rings. The summed E-state index contributed by atoms with van der Waals surface area (Å²) in [6, 6.07) is 0. The van der Waals surface area contributed by atoms with Crippen molar-refractivity contribution in [2.45, 2.75) is 65.1 Å². The quantitative estimate of drug-likeness (QED) is 0.739. The van der Waals surface area contributed by atoms with Crippen molar-refractivity contribution in [3.05, 3.63) is 0 Å². The van der Waals surface area contributed by atoms with Gasteiger partial charge in [-0.25, -0.2) is 0 Å². The van der Waals surface area contributed by atoms with Gasteiger partial charge in [0.25, 0.3) is 0 Å². The molecule has 1 saturated heterocycles. The fraction of sp³-hybridized carbons (Fsp3) is 1.00. The van der Waals surface area contributed by atoms with E-state index in [-0.39, 0.29) is 5.79 Å². The molecule has 100 valence electrons. The topological polar surface area (TPSA) is 18.5 Å². The highest BCUT2D eigenvalue weighted by Gasteiger charge is 2.39. The largest absolute Gasteiger partial charge is 0.350 e. The molecule has 3 atom stereocenters. The molecule has 0 N–H and O–H groups in total. The Morgan fingerprint density at radius 3 is 2.24 bits per heavy atom. The van der Waals surface area contributed by atoms with E-state index < -0.39 is 0 Å². The molecule has 0 radical (unpaired) electrons. The van der Waals surface area contributed by atoms with E-state index in [1.165, 1.54) is 25.7 Å². The molecular weight excluding hydrogens is 212 g/mol. The van der Waals surface area contributed by atoms with Gasteiger partial charge in [-0.05, 0) is 43.9 Å². The Kier molecular flexibility index (Phi) is 4.48. The Hall–Kier alpha value is -0.0800. The Morgan fingerprint density at radius 1 is 1.00 bits per heavy atom. The van der Waals surface area contributed by atoms with Crippen LogP contribution in [0.3, 0.4) is 0 Å². The van der Waals surface area contributed by atoms with E-state index in [2.05, 4.69) is 20.8 Å². The fourth-order valence-corrected chi connectivity index (χ4v) is 3.69. The SMILES string of the molecule is CCC1CC(CC)C(CC2(C)OCCCO2)C1. The minimum Gasteiger partial charge on any atom is -0.350 e. The number of hydrogen-bond acceptors (Lipinski definition) is 2. The normalized spacial score (nSPS) is 37.2. The number of hydrogen-bond donors (Lipinski definition) is 0. The van der Waals surface area contributed by atoms with Gasteiger partial charge in [0.2, 0.25) is 0 Å². The highest BCUT2D eigenvalue weighted by Crippen LogP contribution is 2.44. The lowest BCUT2D eigenvalue weighted by Gasteiger charge is -2.37. The van der Waals surface area contributed by atoms with E-state index in [0.717, 1.165) is 43.8 Å². The molecule has 2 nitrogen and oxygen atoms in total. The third kappa shape index (κ3) is 3.23. The highest BCUT2D eigenvalue weighted by molar-refractivity contribution is 4.86. The van der Waals surface area contributed by atoms with Crippen LogP contribution >= 0.6 is 0 Å². The lowest BCUT2D eigenvalue weighted by Crippen LogP contribution is -2.39. The van der Waals surface area contributed by atoms with Gasteiger partial charge in [0.15, 0.2) is 5.79 Å². The van der Waals surface area contributed by atoms with Crippen molar-refractivity contribution in [1.82, 2.24) is 0 Å². The van der Waals surface area contributed by atoms with Gasteiger partial charge in [-0.3, -0.25) is 0 Å². The molecule has 0 aromatic carbocycles. The fourth-order valence-electron chi connectivity index (χ4n) is 3.69. The molecule has 0 spiro atoms. The van der Waals surface area contributed by atoms with Gasteiger partial charge in [0.05, 0.1) is 13.2 Å². The molecule has 0 amide bonds. The van der Waals surface area contributed by atoms with Crippen LogP contribution in [0, 0.1) is 17.8 Å². The van der Waals surface area contributed by atoms with Crippen molar-refractivity contribution < 1.29 is 9.47 Å². The summed E-state index contributed by atoms with van der Waals surface area (Å²) in [7, 11) is 0. The van der Waals surface area contributed by atoms with Gasteiger partial charge < -0.3 is 9.47 Å². The summed E-state index contributed by atoms with van der Waals surface area (Å²) in [6.45, 7) is 8.54. The van der Waals surface area contributed by atoms with E-state index in [9.17, 15) is 0 Å². The number of rotatable bonds is 4. The van der Waals surface area contributed by atoms with E-state index >= 15 is 0 Å². The van der Waals surface area contributed by atoms with Crippen molar-refractivity contribution in [2.75, 3.05) is 13.2 Å². The van der Waals surface area contributed by atoms with Gasteiger partial charge in [0.1, 0.15) is 0 Å². The summed E-state index contributed by atoms with van der Waals surface area (Å²) in [6.07, 6.45) is 7.62. The first kappa shape index (κ1) is 13.4. The molecule has 3 unspecified atom stereocenters. The second-order valence-corrected chi connectivity index (χ2v) is 6.06. The van der Waals surface area contributed by atoms with Crippen LogP contribution < -0.4 is 0 Å². The maximum absolute atomic E-state index is 5.87. The first-order chi connectivity index (χ1) is 8.17. The summed E-state index contributed by atoms with van der Waals surface area (Å²) in [5.41, 5.74) is 0. The molecule has 2 aliphatic rings. The number of ether oxygens (including phenoxy) is 2. The summed E-state index contributed by atoms with van der Waals surface area (Å²) < 4.78 is 11.7. The molecule has 0 aromatic heterocycles. The van der Waals surface area contributed by atoms with Crippen LogP contribution in [0.25, 0.3) is 0 Å². The van der Waals surface area contributed by atoms with Crippen LogP contribution in [0.1, 0.15) is 59.3 Å². The predicted octanol–water partition coefficient (Wildman–Crippen LogP) is 3.99. The van der Waals surface area contributed by atoms with Crippen molar-refractivity contribution in [3.8, 4) is 0 Å². The van der Waals surface area contributed by atoms with Gasteiger partial charge in [-0.15, -0.1) is 0 Å². The molecule has 17 heavy (non-hydrogen) atoms. The summed E-state index contributed by atoms with van der Waals surface area (Å²) >= 11 is 0. The second-order valence-electron chi connectivity index (χ2n) is 6.06. The first-order valence-corrected chi connectivity index (χ1v) is 7.44. The Morgan fingerprint density at radius 2 is 1.65 bits per heavy atom. The Bertz CT molecular complexity index is 233. The van der Waals surface area contributed by atoms with E-state index in [4.69, 9.17) is 9.47 Å². The summed E-state index contributed by atoms with van der Waals surface area (Å²) in [5, 5.41) is 0. The van der Waals surface area contributed by atoms with E-state index in [0.29, 0.717) is 0 Å². The smallest absolute Gasteiger partial charge is 0.165 e. The van der Waals surface area contributed by atoms with Crippen LogP contribution in [0.2, 0.25) is 0 Å². The molecule has 1 aliphatic carbocycles. The minimum atomic E-state index is -0.293. The van der Waals surface area contributed by atoms with Crippen molar-refractivity contribution in [2.24, 2.45) is 17.8 Å². The lowest BCUT2D eigenvalue weighted by molar-refractivity contribution is -0.265. The summed E-state index contributed by atoms with van der Waals surface area (Å²) in [4.78, 5) is 0. The van der Waals surface area contributed by atoms with Crippen LogP contribution in [-0.4, -0.2) is 19.0 Å². The molecular formula is C15H28O2. The van der Waals surface area contributed by atoms with Gasteiger partial charge in [0, 0.05) is 6.42 Å². The zero-order chi connectivity index (χ0) is 12.3. The molecule has 2 rings (SSSR count). The molecule has 2 heteroatoms. The Balaban J connectivity index is 1.92. The van der Waals surface area contributed by atoms with Gasteiger partial charge in [-0.1, -0.05) is 26.7 Å². The predicted molar refractivity (Wildman–Crippen MR) is 69.8 cm³/mol. The van der Waals surface area contributed by atoms with Crippen LogP contribution in [-0.2, 0) is 9.47 Å². The van der Waals surface area contributed by atoms with Gasteiger partial charge in [-0.2, -0.15) is 0 Å². The average Bonchev–Trinajstić information content (AvgIpc) is 2.71. The molecule has 2 fully saturated rings. The lowest BCUT2D eigenvalue weighted by atomic mass is 9.87. The van der Waals surface area contributed by atoms with Gasteiger partial charge >= 0.3 is 0 Å². The second kappa shape index (κ2) is 5.71. The summed E-state index contributed by atoms with van der Waals surface area (Å²) in [5.74, 6) is 2.36. The molecule has 1 heterocycles. The minimum absolute atomic E-state index is 0.293. The van der Waals surface area contributed by atoms with Crippen molar-refractivity contribution in [1.29, 1.82) is 0 Å². The third-order valence-electron chi connectivity index (χ3n) is 4.78. The molecule has 1 aliphatic heterocycles. The average molecular weight is 240 g/mol. The third-order valence-corrected chi connectivity index (χ3v) is 4.78. The molecule has 1 saturated carbocycles. The maximum atomic E-state index is 5.87. The Labute approximate surface area is 106 Å². The van der Waals surface area contributed by atoms with E-state index in [1.54, 1.807) is 0 Å². The van der Waals surface area contributed by atoms with Crippen LogP contribution in [0.5, 0.6) is 0 Å². The van der Waals surface area contributed by atoms with Crippen molar-refractivity contribution in [3.63, 3.8) is 0 Å². The van der Waals surface area contributed by atoms with Crippen LogP contribution in [0.4, 0.5) is 0 Å². The maximum Gasteiger partial charge on any atom is 0.165 e. The highest BCUT2D eigenvalue weighted by atomic mass is 16.7. The van der Waals surface area contributed by atoms with E-state index in [1.807, 2.05) is 0 Å². The monoisotopic (exact) mass is 240 g/mol. The molecule has 0 bridgehead atoms. The zero-order valence-electron chi connectivity index (χ0n) is 11.7. The standard InChI is InChI=1S/C15H28O2/c1-4-12-9-13(5-2)14(10-12)11-15(3)16-7-6-8-17-15/h12-14H,4-11H2,1-3H3. The first-order valence-electron chi connectivity index (χ1n) is 7.44.